The second kappa shape index (κ2) is 6.39. The van der Waals surface area contributed by atoms with Gasteiger partial charge in [0.25, 0.3) is 0 Å². The molecule has 0 aliphatic heterocycles. The fourth-order valence-electron chi connectivity index (χ4n) is 0.926. The highest BCUT2D eigenvalue weighted by Gasteiger charge is 2.02. The van der Waals surface area contributed by atoms with E-state index in [-0.39, 0.29) is 12.2 Å². The number of nitrogens with one attached hydrogen (secondary N) is 1. The Bertz CT molecular complexity index is 336. The molecule has 0 spiro atoms. The quantitative estimate of drug-likeness (QED) is 0.452. The molecule has 6 heteroatoms. The van der Waals surface area contributed by atoms with Gasteiger partial charge in [-0.1, -0.05) is 11.7 Å². The summed E-state index contributed by atoms with van der Waals surface area (Å²) in [6.07, 6.45) is 0.214. The summed E-state index contributed by atoms with van der Waals surface area (Å²) < 4.78 is 12.7. The number of rotatable bonds is 5. The normalized spacial score (nSPS) is 10.0. The fraction of sp³-hybridized carbons (Fsp3) is 0.222. The zero-order valence-electron chi connectivity index (χ0n) is 7.90. The van der Waals surface area contributed by atoms with Gasteiger partial charge in [-0.3, -0.25) is 4.79 Å². The van der Waals surface area contributed by atoms with E-state index in [1.807, 2.05) is 0 Å². The maximum atomic E-state index is 12.7. The molecule has 1 rings (SSSR count). The smallest absolute Gasteiger partial charge is 0.327 e. The molecule has 1 aromatic carbocycles. The zero-order valence-corrected chi connectivity index (χ0v) is 8.72. The van der Waals surface area contributed by atoms with Crippen molar-refractivity contribution in [3.8, 4) is 0 Å². The maximum Gasteiger partial charge on any atom is 0.327 e. The van der Waals surface area contributed by atoms with Crippen LogP contribution in [0.5, 0.6) is 0 Å². The number of thioether (sulfide) groups is 1. The van der Waals surface area contributed by atoms with E-state index < -0.39 is 5.97 Å². The number of carbonyl (C=O) groups excluding carboxylic acids is 1. The third kappa shape index (κ3) is 4.78. The van der Waals surface area contributed by atoms with Crippen LogP contribution in [-0.2, 0) is 9.63 Å². The van der Waals surface area contributed by atoms with Crippen LogP contribution < -0.4 is 11.4 Å². The highest BCUT2D eigenvalue weighted by Crippen LogP contribution is 2.19. The molecule has 0 saturated heterocycles. The van der Waals surface area contributed by atoms with Gasteiger partial charge in [-0.05, 0) is 18.2 Å². The Kier molecular flexibility index (Phi) is 5.09. The zero-order chi connectivity index (χ0) is 11.1. The van der Waals surface area contributed by atoms with Crippen molar-refractivity contribution in [2.75, 3.05) is 5.75 Å². The van der Waals surface area contributed by atoms with Crippen LogP contribution in [0.3, 0.4) is 0 Å². The van der Waals surface area contributed by atoms with Gasteiger partial charge in [0.1, 0.15) is 5.82 Å². The van der Waals surface area contributed by atoms with E-state index in [1.54, 1.807) is 17.7 Å². The van der Waals surface area contributed by atoms with E-state index in [1.165, 1.54) is 23.9 Å². The number of hydrogen-bond acceptors (Lipinski definition) is 5. The summed E-state index contributed by atoms with van der Waals surface area (Å²) in [5.74, 6) is 4.57. The monoisotopic (exact) mass is 230 g/mol. The molecule has 0 fully saturated rings. The Morgan fingerprint density at radius 3 is 3.07 bits per heavy atom. The molecule has 0 aromatic heterocycles. The van der Waals surface area contributed by atoms with Crippen LogP contribution in [0.15, 0.2) is 29.2 Å². The van der Waals surface area contributed by atoms with Gasteiger partial charge in [-0.15, -0.1) is 11.8 Å². The van der Waals surface area contributed by atoms with Crippen molar-refractivity contribution < 1.29 is 14.0 Å². The lowest BCUT2D eigenvalue weighted by Crippen LogP contribution is -2.26. The molecule has 0 heterocycles. The van der Waals surface area contributed by atoms with Crippen LogP contribution in [0.1, 0.15) is 6.42 Å². The van der Waals surface area contributed by atoms with Crippen LogP contribution in [0, 0.1) is 5.82 Å². The lowest BCUT2D eigenvalue weighted by atomic mass is 10.4. The molecular formula is C9H11FN2O2S. The Labute approximate surface area is 90.9 Å². The van der Waals surface area contributed by atoms with Crippen LogP contribution in [0.4, 0.5) is 4.39 Å². The predicted octanol–water partition coefficient (Wildman–Crippen LogP) is 1.23. The first-order valence-corrected chi connectivity index (χ1v) is 5.24. The number of hydrogen-bond donors (Lipinski definition) is 2. The molecule has 82 valence electrons. The Morgan fingerprint density at radius 2 is 2.40 bits per heavy atom. The molecule has 0 aliphatic carbocycles. The van der Waals surface area contributed by atoms with E-state index in [9.17, 15) is 9.18 Å². The van der Waals surface area contributed by atoms with Gasteiger partial charge in [0.15, 0.2) is 0 Å². The third-order valence-corrected chi connectivity index (χ3v) is 2.54. The van der Waals surface area contributed by atoms with Gasteiger partial charge in [0.2, 0.25) is 0 Å². The minimum absolute atomic E-state index is 0.214. The van der Waals surface area contributed by atoms with Crippen LogP contribution in [-0.4, -0.2) is 11.7 Å². The second-order valence-corrected chi connectivity index (χ2v) is 3.82. The SMILES string of the molecule is NNOC(=O)CCSc1cccc(F)c1. The molecule has 0 atom stereocenters. The van der Waals surface area contributed by atoms with Crippen molar-refractivity contribution in [2.45, 2.75) is 11.3 Å². The average molecular weight is 230 g/mol. The summed E-state index contributed by atoms with van der Waals surface area (Å²) in [7, 11) is 0. The van der Waals surface area contributed by atoms with E-state index >= 15 is 0 Å². The molecule has 3 N–H and O–H groups in total. The molecule has 0 radical (unpaired) electrons. The van der Waals surface area contributed by atoms with Crippen LogP contribution in [0.25, 0.3) is 0 Å². The lowest BCUT2D eigenvalue weighted by Gasteiger charge is -2.01. The minimum atomic E-state index is -0.443. The van der Waals surface area contributed by atoms with Crippen molar-refractivity contribution in [1.82, 2.24) is 5.59 Å². The highest BCUT2D eigenvalue weighted by atomic mass is 32.2. The summed E-state index contributed by atoms with van der Waals surface area (Å²) in [6, 6.07) is 6.19. The molecule has 0 amide bonds. The fourth-order valence-corrected chi connectivity index (χ4v) is 1.80. The third-order valence-electron chi connectivity index (χ3n) is 1.54. The Hall–Kier alpha value is -1.11. The standard InChI is InChI=1S/C9H11FN2O2S/c10-7-2-1-3-8(6-7)15-5-4-9(13)14-12-11/h1-3,6,12H,4-5,11H2. The molecule has 4 nitrogen and oxygen atoms in total. The van der Waals surface area contributed by atoms with Crippen LogP contribution in [0.2, 0.25) is 0 Å². The molecule has 0 unspecified atom stereocenters. The van der Waals surface area contributed by atoms with Gasteiger partial charge < -0.3 is 4.84 Å². The highest BCUT2D eigenvalue weighted by molar-refractivity contribution is 7.99. The minimum Gasteiger partial charge on any atom is -0.356 e. The first-order chi connectivity index (χ1) is 7.22. The molecule has 0 saturated carbocycles. The predicted molar refractivity (Wildman–Crippen MR) is 55.2 cm³/mol. The number of halogens is 1. The largest absolute Gasteiger partial charge is 0.356 e. The molecule has 15 heavy (non-hydrogen) atoms. The number of carbonyl (C=O) groups is 1. The number of nitrogens with two attached hydrogens (primary N) is 1. The topological polar surface area (TPSA) is 64.3 Å². The Morgan fingerprint density at radius 1 is 1.60 bits per heavy atom. The van der Waals surface area contributed by atoms with E-state index in [4.69, 9.17) is 5.84 Å². The van der Waals surface area contributed by atoms with Crippen molar-refractivity contribution in [3.63, 3.8) is 0 Å². The second-order valence-electron chi connectivity index (χ2n) is 2.65. The summed E-state index contributed by atoms with van der Waals surface area (Å²) in [4.78, 5) is 15.9. The van der Waals surface area contributed by atoms with Crippen molar-refractivity contribution >= 4 is 17.7 Å². The Balaban J connectivity index is 2.28. The van der Waals surface area contributed by atoms with Crippen molar-refractivity contribution in [3.05, 3.63) is 30.1 Å². The summed E-state index contributed by atoms with van der Waals surface area (Å²) >= 11 is 1.38. The van der Waals surface area contributed by atoms with Gasteiger partial charge in [-0.2, -0.15) is 0 Å². The van der Waals surface area contributed by atoms with E-state index in [0.29, 0.717) is 5.75 Å². The lowest BCUT2D eigenvalue weighted by molar-refractivity contribution is -0.150. The molecule has 1 aromatic rings. The van der Waals surface area contributed by atoms with Crippen LogP contribution >= 0.6 is 11.8 Å². The van der Waals surface area contributed by atoms with Crippen molar-refractivity contribution in [2.24, 2.45) is 5.84 Å². The summed E-state index contributed by atoms with van der Waals surface area (Å²) in [6.45, 7) is 0. The van der Waals surface area contributed by atoms with Crippen molar-refractivity contribution in [1.29, 1.82) is 0 Å². The van der Waals surface area contributed by atoms with Gasteiger partial charge in [-0.25, -0.2) is 10.2 Å². The number of benzene rings is 1. The molecular weight excluding hydrogens is 219 g/mol. The first kappa shape index (κ1) is 12.0. The first-order valence-electron chi connectivity index (χ1n) is 4.26. The molecule has 0 aliphatic rings. The number of hydrazine groups is 1. The summed E-state index contributed by atoms with van der Waals surface area (Å²) in [5.41, 5.74) is 1.81. The summed E-state index contributed by atoms with van der Waals surface area (Å²) in [5, 5.41) is 0. The average Bonchev–Trinajstić information content (AvgIpc) is 2.18. The van der Waals surface area contributed by atoms with Gasteiger partial charge in [0.05, 0.1) is 6.42 Å². The van der Waals surface area contributed by atoms with E-state index in [2.05, 4.69) is 4.84 Å². The van der Waals surface area contributed by atoms with E-state index in [0.717, 1.165) is 4.90 Å². The molecule has 0 bridgehead atoms. The van der Waals surface area contributed by atoms with Gasteiger partial charge >= 0.3 is 5.97 Å². The maximum absolute atomic E-state index is 12.7. The van der Waals surface area contributed by atoms with Gasteiger partial charge in [0, 0.05) is 10.6 Å².